The molecule has 2 aliphatic heterocycles. The molecule has 9 N–H and O–H groups in total. The third-order valence-corrected chi connectivity index (χ3v) is 13.2. The van der Waals surface area contributed by atoms with E-state index >= 15 is 0 Å². The fraction of sp³-hybridized carbons (Fsp3) is 0.868. The number of unbranched alkanes of at least 4 members (excludes halogenated alkanes) is 25. The highest BCUT2D eigenvalue weighted by atomic mass is 16.7. The van der Waals surface area contributed by atoms with Crippen LogP contribution < -0.4 is 5.32 Å². The second kappa shape index (κ2) is 39.9. The number of carbonyl (C=O) groups is 1. The van der Waals surface area contributed by atoms with Crippen LogP contribution in [0, 0.1) is 0 Å². The molecule has 0 bridgehead atoms. The van der Waals surface area contributed by atoms with Crippen molar-refractivity contribution >= 4 is 5.91 Å². The molecule has 2 aliphatic rings. The van der Waals surface area contributed by atoms with Gasteiger partial charge in [0.25, 0.3) is 0 Å². The van der Waals surface area contributed by atoms with E-state index < -0.39 is 86.8 Å². The van der Waals surface area contributed by atoms with Gasteiger partial charge in [0.15, 0.2) is 12.6 Å². The predicted molar refractivity (Wildman–Crippen MR) is 263 cm³/mol. The van der Waals surface area contributed by atoms with Crippen LogP contribution in [-0.2, 0) is 23.7 Å². The number of carbonyl (C=O) groups excluding carboxylic acids is 1. The third-order valence-electron chi connectivity index (χ3n) is 13.2. The van der Waals surface area contributed by atoms with Crippen molar-refractivity contribution < 1.29 is 64.6 Å². The Bertz CT molecular complexity index is 1270. The minimum absolute atomic E-state index is 0.254. The van der Waals surface area contributed by atoms with E-state index in [4.69, 9.17) is 18.9 Å². The zero-order chi connectivity index (χ0) is 48.9. The lowest BCUT2D eigenvalue weighted by molar-refractivity contribution is -0.359. The number of amides is 1. The summed E-state index contributed by atoms with van der Waals surface area (Å²) >= 11 is 0. The van der Waals surface area contributed by atoms with Gasteiger partial charge in [0.1, 0.15) is 48.8 Å². The van der Waals surface area contributed by atoms with E-state index in [1.807, 2.05) is 19.1 Å². The molecule has 12 unspecified atom stereocenters. The zero-order valence-electron chi connectivity index (χ0n) is 41.6. The van der Waals surface area contributed by atoms with Crippen LogP contribution in [0.1, 0.15) is 200 Å². The molecule has 0 aromatic heterocycles. The molecule has 392 valence electrons. The molecule has 12 atom stereocenters. The summed E-state index contributed by atoms with van der Waals surface area (Å²) < 4.78 is 22.6. The van der Waals surface area contributed by atoms with Crippen LogP contribution >= 0.6 is 0 Å². The van der Waals surface area contributed by atoms with Gasteiger partial charge in [-0.2, -0.15) is 0 Å². The Morgan fingerprint density at radius 1 is 0.552 bits per heavy atom. The Labute approximate surface area is 404 Å². The van der Waals surface area contributed by atoms with Gasteiger partial charge >= 0.3 is 0 Å². The van der Waals surface area contributed by atoms with Crippen LogP contribution in [0.25, 0.3) is 0 Å². The van der Waals surface area contributed by atoms with Crippen molar-refractivity contribution in [1.29, 1.82) is 0 Å². The Kier molecular flexibility index (Phi) is 36.5. The van der Waals surface area contributed by atoms with Crippen molar-refractivity contribution in [2.24, 2.45) is 0 Å². The summed E-state index contributed by atoms with van der Waals surface area (Å²) in [6.45, 7) is 2.53. The molecule has 0 aromatic carbocycles. The Morgan fingerprint density at radius 2 is 0.985 bits per heavy atom. The summed E-state index contributed by atoms with van der Waals surface area (Å²) in [5.41, 5.74) is 0. The largest absolute Gasteiger partial charge is 0.394 e. The van der Waals surface area contributed by atoms with Gasteiger partial charge in [-0.05, 0) is 39.0 Å². The average molecular weight is 956 g/mol. The van der Waals surface area contributed by atoms with Gasteiger partial charge in [-0.3, -0.25) is 4.79 Å². The maximum Gasteiger partial charge on any atom is 0.220 e. The fourth-order valence-corrected chi connectivity index (χ4v) is 8.80. The Hall–Kier alpha value is -1.79. The molecule has 0 saturated carbocycles. The van der Waals surface area contributed by atoms with Gasteiger partial charge in [0.05, 0.1) is 32.0 Å². The quantitative estimate of drug-likeness (QED) is 0.0214. The molecule has 14 nitrogen and oxygen atoms in total. The van der Waals surface area contributed by atoms with Crippen LogP contribution in [-0.4, -0.2) is 140 Å². The minimum atomic E-state index is -1.79. The number of nitrogens with one attached hydrogen (secondary N) is 1. The number of aliphatic hydroxyl groups excluding tert-OH is 8. The second-order valence-corrected chi connectivity index (χ2v) is 19.0. The van der Waals surface area contributed by atoms with Gasteiger partial charge in [0.2, 0.25) is 5.91 Å². The molecule has 2 fully saturated rings. The lowest BCUT2D eigenvalue weighted by Gasteiger charge is -2.46. The monoisotopic (exact) mass is 956 g/mol. The molecule has 14 heteroatoms. The second-order valence-electron chi connectivity index (χ2n) is 19.0. The number of hydrogen-bond donors (Lipinski definition) is 9. The first-order valence-corrected chi connectivity index (χ1v) is 26.7. The van der Waals surface area contributed by atoms with Crippen molar-refractivity contribution in [2.45, 2.75) is 274 Å². The highest BCUT2D eigenvalue weighted by molar-refractivity contribution is 5.76. The standard InChI is InChI=1S/C53H97NO13/c1-3-5-7-9-11-13-14-15-16-17-18-19-20-21-22-23-24-25-26-27-29-31-33-35-37-45(58)54-41(42(57)36-34-32-30-28-12-10-8-6-4-2)40-64-52-50(63)48(61)51(44(39-56)66-52)67-53-49(62)47(60)46(59)43(38-55)65-53/h4,6,12,28,34,36,41-44,46-53,55-57,59-63H,3,5,7-11,13-27,29-33,35,37-40H2,1-2H3,(H,54,58)/b6-4+,28-12+,36-34+. The molecule has 2 rings (SSSR count). The molecule has 67 heavy (non-hydrogen) atoms. The van der Waals surface area contributed by atoms with Crippen LogP contribution in [0.4, 0.5) is 0 Å². The summed E-state index contributed by atoms with van der Waals surface area (Å²) in [4.78, 5) is 13.2. The van der Waals surface area contributed by atoms with Gasteiger partial charge in [-0.25, -0.2) is 0 Å². The molecule has 0 spiro atoms. The van der Waals surface area contributed by atoms with Crippen LogP contribution in [0.3, 0.4) is 0 Å². The van der Waals surface area contributed by atoms with E-state index in [2.05, 4.69) is 30.5 Å². The number of hydrogen-bond acceptors (Lipinski definition) is 13. The highest BCUT2D eigenvalue weighted by Crippen LogP contribution is 2.30. The number of aliphatic hydroxyl groups is 8. The van der Waals surface area contributed by atoms with E-state index in [9.17, 15) is 45.6 Å². The third kappa shape index (κ3) is 26.8. The summed E-state index contributed by atoms with van der Waals surface area (Å²) in [7, 11) is 0. The summed E-state index contributed by atoms with van der Waals surface area (Å²) in [6, 6.07) is -0.932. The van der Waals surface area contributed by atoms with Crippen molar-refractivity contribution in [2.75, 3.05) is 19.8 Å². The lowest BCUT2D eigenvalue weighted by Crippen LogP contribution is -2.65. The van der Waals surface area contributed by atoms with Gasteiger partial charge in [-0.15, -0.1) is 0 Å². The van der Waals surface area contributed by atoms with Crippen molar-refractivity contribution in [3.8, 4) is 0 Å². The first-order valence-electron chi connectivity index (χ1n) is 26.7. The first-order chi connectivity index (χ1) is 32.6. The number of ether oxygens (including phenoxy) is 4. The molecule has 0 aromatic rings. The van der Waals surface area contributed by atoms with Gasteiger partial charge in [0, 0.05) is 6.42 Å². The molecular formula is C53H97NO13. The van der Waals surface area contributed by atoms with Gasteiger partial charge in [-0.1, -0.05) is 191 Å². The van der Waals surface area contributed by atoms with E-state index in [-0.39, 0.29) is 18.9 Å². The molecule has 0 aliphatic carbocycles. The summed E-state index contributed by atoms with van der Waals surface area (Å²) in [6.07, 6.45) is 29.5. The minimum Gasteiger partial charge on any atom is -0.394 e. The lowest BCUT2D eigenvalue weighted by atomic mass is 9.97. The van der Waals surface area contributed by atoms with Crippen LogP contribution in [0.5, 0.6) is 0 Å². The fourth-order valence-electron chi connectivity index (χ4n) is 8.80. The topological polar surface area (TPSA) is 228 Å². The van der Waals surface area contributed by atoms with Gasteiger partial charge < -0.3 is 65.1 Å². The maximum atomic E-state index is 13.2. The van der Waals surface area contributed by atoms with E-state index in [1.54, 1.807) is 6.08 Å². The van der Waals surface area contributed by atoms with E-state index in [0.717, 1.165) is 38.5 Å². The maximum absolute atomic E-state index is 13.2. The molecule has 1 amide bonds. The van der Waals surface area contributed by atoms with Crippen molar-refractivity contribution in [3.05, 3.63) is 36.5 Å². The zero-order valence-corrected chi connectivity index (χ0v) is 41.6. The van der Waals surface area contributed by atoms with Crippen molar-refractivity contribution in [3.63, 3.8) is 0 Å². The van der Waals surface area contributed by atoms with Crippen LogP contribution in [0.2, 0.25) is 0 Å². The van der Waals surface area contributed by atoms with Crippen molar-refractivity contribution in [1.82, 2.24) is 5.32 Å². The molecule has 2 saturated heterocycles. The van der Waals surface area contributed by atoms with Crippen LogP contribution in [0.15, 0.2) is 36.5 Å². The SMILES string of the molecule is C/C=C/CC/C=C/CC/C=C/C(O)C(COC1OC(CO)C(OC2OC(CO)C(O)C(O)C2O)C(O)C1O)NC(=O)CCCCCCCCCCCCCCCCCCCCCCCCCC. The summed E-state index contributed by atoms with van der Waals surface area (Å²) in [5, 5.41) is 86.5. The predicted octanol–water partition coefficient (Wildman–Crippen LogP) is 7.49. The number of rotatable bonds is 41. The smallest absolute Gasteiger partial charge is 0.220 e. The first kappa shape index (κ1) is 61.3. The Balaban J connectivity index is 1.72. The molecular weight excluding hydrogens is 859 g/mol. The summed E-state index contributed by atoms with van der Waals surface area (Å²) in [5.74, 6) is -0.254. The number of allylic oxidation sites excluding steroid dienone is 5. The molecule has 0 radical (unpaired) electrons. The van der Waals surface area contributed by atoms with E-state index in [1.165, 1.54) is 128 Å². The normalized spacial score (nSPS) is 26.8. The van der Waals surface area contributed by atoms with E-state index in [0.29, 0.717) is 12.8 Å². The average Bonchev–Trinajstić information content (AvgIpc) is 3.32. The molecule has 2 heterocycles. The highest BCUT2D eigenvalue weighted by Gasteiger charge is 2.51. The Morgan fingerprint density at radius 3 is 1.46 bits per heavy atom.